The van der Waals surface area contributed by atoms with Gasteiger partial charge in [-0.2, -0.15) is 0 Å². The molecule has 4 aliphatic heterocycles. The number of para-hydroxylation sites is 2. The molecule has 4 aliphatic carbocycles. The van der Waals surface area contributed by atoms with Crippen LogP contribution in [-0.2, 0) is 10.8 Å². The maximum absolute atomic E-state index is 2.97. The molecule has 3 aromatic rings. The van der Waals surface area contributed by atoms with E-state index in [-0.39, 0.29) is 21.9 Å². The fraction of sp³-hybridized carbons (Fsp3) is 0.581. The summed E-state index contributed by atoms with van der Waals surface area (Å²) in [5.74, 6) is 3.35. The minimum atomic E-state index is 0.0994. The lowest BCUT2D eigenvalue weighted by Gasteiger charge is -2.60. The Bertz CT molecular complexity index is 1730. The van der Waals surface area contributed by atoms with E-state index in [0.29, 0.717) is 6.71 Å². The smallest absolute Gasteiger partial charge is 0.252 e. The van der Waals surface area contributed by atoms with Gasteiger partial charge in [0.15, 0.2) is 0 Å². The highest BCUT2D eigenvalue weighted by atomic mass is 15.3. The van der Waals surface area contributed by atoms with E-state index in [1.165, 1.54) is 82.6 Å². The predicted molar refractivity (Wildman–Crippen MR) is 194 cm³/mol. The van der Waals surface area contributed by atoms with E-state index in [9.17, 15) is 0 Å². The van der Waals surface area contributed by atoms with Crippen LogP contribution in [0.25, 0.3) is 0 Å². The third kappa shape index (κ3) is 2.71. The summed E-state index contributed by atoms with van der Waals surface area (Å²) >= 11 is 0. The molecule has 4 fully saturated rings. The SMILES string of the molecule is Cc1cc2c3c(c1)N1c4c(cccc4C4(C)C5CCCCC5CCC14C)B3c1cccc3c1N2C1(C)CCC2CCCCC2C31C. The van der Waals surface area contributed by atoms with Crippen molar-refractivity contribution < 1.29 is 0 Å². The zero-order valence-electron chi connectivity index (χ0n) is 28.9. The van der Waals surface area contributed by atoms with E-state index < -0.39 is 0 Å². The number of nitrogens with zero attached hydrogens (tertiary/aromatic N) is 2. The number of aryl methyl sites for hydroxylation is 1. The lowest BCUT2D eigenvalue weighted by molar-refractivity contribution is 0.0318. The van der Waals surface area contributed by atoms with Crippen LogP contribution in [0.15, 0.2) is 48.5 Å². The Morgan fingerprint density at radius 1 is 0.609 bits per heavy atom. The zero-order valence-corrected chi connectivity index (χ0v) is 28.9. The standard InChI is InChI=1S/C43H51BN2/c1-26-24-35-37-36(25-26)46-39-32(43(5)30-15-9-7-13-28(30)21-23-41(43,46)3)17-11-19-34(39)44(37)33-18-10-16-31-38(33)45(35)40(2)22-20-27-12-6-8-14-29(27)42(31,40)4/h10-11,16-19,24-25,27-30H,6-9,12-15,20-23H2,1-5H3. The largest absolute Gasteiger partial charge is 0.335 e. The topological polar surface area (TPSA) is 6.48 Å². The molecule has 8 unspecified atom stereocenters. The molecule has 0 amide bonds. The monoisotopic (exact) mass is 606 g/mol. The van der Waals surface area contributed by atoms with Crippen molar-refractivity contribution in [1.82, 2.24) is 0 Å². The first kappa shape index (κ1) is 27.3. The molecule has 3 aromatic carbocycles. The summed E-state index contributed by atoms with van der Waals surface area (Å²) in [6.45, 7) is 13.5. The first-order chi connectivity index (χ1) is 22.2. The molecular weight excluding hydrogens is 555 g/mol. The second-order valence-corrected chi connectivity index (χ2v) is 18.1. The molecule has 8 aliphatic rings. The van der Waals surface area contributed by atoms with Crippen LogP contribution in [0.5, 0.6) is 0 Å². The second kappa shape index (κ2) is 8.48. The molecule has 236 valence electrons. The van der Waals surface area contributed by atoms with E-state index in [1.807, 2.05) is 0 Å². The number of anilines is 4. The molecule has 4 saturated carbocycles. The molecule has 0 bridgehead atoms. The Hall–Kier alpha value is -2.68. The summed E-state index contributed by atoms with van der Waals surface area (Å²) in [5, 5.41) is 0. The van der Waals surface area contributed by atoms with E-state index in [0.717, 1.165) is 23.7 Å². The van der Waals surface area contributed by atoms with Gasteiger partial charge >= 0.3 is 0 Å². The van der Waals surface area contributed by atoms with Gasteiger partial charge in [0.25, 0.3) is 6.71 Å². The fourth-order valence-corrected chi connectivity index (χ4v) is 14.6. The summed E-state index contributed by atoms with van der Waals surface area (Å²) < 4.78 is 0. The molecule has 3 heteroatoms. The number of rotatable bonds is 0. The summed E-state index contributed by atoms with van der Waals surface area (Å²) in [5.41, 5.74) is 16.4. The van der Waals surface area contributed by atoms with Crippen molar-refractivity contribution in [2.24, 2.45) is 23.7 Å². The normalized spacial score (nSPS) is 40.3. The van der Waals surface area contributed by atoms with Crippen molar-refractivity contribution >= 4 is 45.9 Å². The Kier molecular flexibility index (Phi) is 5.03. The van der Waals surface area contributed by atoms with Gasteiger partial charge in [0.05, 0.1) is 11.1 Å². The highest BCUT2D eigenvalue weighted by Crippen LogP contribution is 2.69. The molecule has 0 radical (unpaired) electrons. The highest BCUT2D eigenvalue weighted by Gasteiger charge is 2.69. The molecule has 0 saturated heterocycles. The first-order valence-electron chi connectivity index (χ1n) is 19.3. The molecule has 0 N–H and O–H groups in total. The van der Waals surface area contributed by atoms with Gasteiger partial charge in [-0.05, 0) is 128 Å². The average molecular weight is 607 g/mol. The van der Waals surface area contributed by atoms with Gasteiger partial charge in [0, 0.05) is 33.6 Å². The number of hydrogen-bond donors (Lipinski definition) is 0. The van der Waals surface area contributed by atoms with Crippen LogP contribution >= 0.6 is 0 Å². The van der Waals surface area contributed by atoms with Gasteiger partial charge in [-0.15, -0.1) is 0 Å². The maximum atomic E-state index is 2.97. The third-order valence-corrected chi connectivity index (χ3v) is 16.9. The van der Waals surface area contributed by atoms with Crippen molar-refractivity contribution in [1.29, 1.82) is 0 Å². The van der Waals surface area contributed by atoms with Crippen LogP contribution < -0.4 is 26.2 Å². The minimum absolute atomic E-state index is 0.0994. The molecule has 4 heterocycles. The van der Waals surface area contributed by atoms with Crippen molar-refractivity contribution in [3.05, 3.63) is 65.2 Å². The van der Waals surface area contributed by atoms with Gasteiger partial charge in [-0.3, -0.25) is 0 Å². The van der Waals surface area contributed by atoms with Crippen LogP contribution in [0.3, 0.4) is 0 Å². The number of fused-ring (bicyclic) bond motifs is 14. The molecule has 8 atom stereocenters. The van der Waals surface area contributed by atoms with Gasteiger partial charge in [-0.25, -0.2) is 0 Å². The van der Waals surface area contributed by atoms with Gasteiger partial charge in [-0.1, -0.05) is 88.8 Å². The van der Waals surface area contributed by atoms with Crippen LogP contribution in [0.2, 0.25) is 0 Å². The van der Waals surface area contributed by atoms with E-state index in [4.69, 9.17) is 0 Å². The van der Waals surface area contributed by atoms with E-state index >= 15 is 0 Å². The lowest BCUT2D eigenvalue weighted by atomic mass is 9.33. The van der Waals surface area contributed by atoms with Gasteiger partial charge in [0.1, 0.15) is 0 Å². The van der Waals surface area contributed by atoms with Crippen LogP contribution in [0.4, 0.5) is 22.7 Å². The van der Waals surface area contributed by atoms with E-state index in [1.54, 1.807) is 50.3 Å². The predicted octanol–water partition coefficient (Wildman–Crippen LogP) is 8.67. The highest BCUT2D eigenvalue weighted by molar-refractivity contribution is 7.00. The molecule has 11 rings (SSSR count). The molecular formula is C43H51BN2. The number of hydrogen-bond acceptors (Lipinski definition) is 2. The minimum Gasteiger partial charge on any atom is -0.335 e. The van der Waals surface area contributed by atoms with E-state index in [2.05, 4.69) is 92.9 Å². The summed E-state index contributed by atoms with van der Waals surface area (Å²) in [7, 11) is 0. The summed E-state index contributed by atoms with van der Waals surface area (Å²) in [4.78, 5) is 5.94. The molecule has 0 spiro atoms. The third-order valence-electron chi connectivity index (χ3n) is 16.9. The summed E-state index contributed by atoms with van der Waals surface area (Å²) in [6, 6.07) is 20.4. The Morgan fingerprint density at radius 2 is 1.07 bits per heavy atom. The molecule has 46 heavy (non-hydrogen) atoms. The number of benzene rings is 3. The van der Waals surface area contributed by atoms with Gasteiger partial charge < -0.3 is 9.80 Å². The quantitative estimate of drug-likeness (QED) is 0.236. The van der Waals surface area contributed by atoms with Crippen molar-refractivity contribution in [3.63, 3.8) is 0 Å². The Balaban J connectivity index is 1.21. The average Bonchev–Trinajstić information content (AvgIpc) is 3.42. The van der Waals surface area contributed by atoms with Crippen molar-refractivity contribution in [2.75, 3.05) is 9.80 Å². The molecule has 2 nitrogen and oxygen atoms in total. The lowest BCUT2D eigenvalue weighted by Crippen LogP contribution is -2.68. The fourth-order valence-electron chi connectivity index (χ4n) is 14.6. The van der Waals surface area contributed by atoms with Gasteiger partial charge in [0.2, 0.25) is 0 Å². The van der Waals surface area contributed by atoms with Crippen molar-refractivity contribution in [2.45, 2.75) is 134 Å². The van der Waals surface area contributed by atoms with Crippen molar-refractivity contribution in [3.8, 4) is 0 Å². The first-order valence-corrected chi connectivity index (χ1v) is 19.3. The van der Waals surface area contributed by atoms with Crippen LogP contribution in [0, 0.1) is 30.6 Å². The zero-order chi connectivity index (χ0) is 31.0. The summed E-state index contributed by atoms with van der Waals surface area (Å²) in [6.07, 6.45) is 16.8. The van der Waals surface area contributed by atoms with Crippen LogP contribution in [-0.4, -0.2) is 17.8 Å². The Morgan fingerprint density at radius 3 is 1.54 bits per heavy atom. The second-order valence-electron chi connectivity index (χ2n) is 18.1. The Labute approximate surface area is 277 Å². The molecule has 0 aromatic heterocycles. The maximum Gasteiger partial charge on any atom is 0.252 e. The van der Waals surface area contributed by atoms with Crippen LogP contribution in [0.1, 0.15) is 121 Å².